The van der Waals surface area contributed by atoms with Crippen molar-refractivity contribution in [3.05, 3.63) is 52.5 Å². The van der Waals surface area contributed by atoms with Crippen LogP contribution in [-0.2, 0) is 0 Å². The molecular formula is C15H14BrNO3. The highest BCUT2D eigenvalue weighted by molar-refractivity contribution is 9.10. The number of hydrogen-bond acceptors (Lipinski definition) is 3. The minimum Gasteiger partial charge on any atom is -0.497 e. The number of anilines is 1. The first-order valence-corrected chi connectivity index (χ1v) is 6.71. The number of hydrogen-bond donors (Lipinski definition) is 1. The Morgan fingerprint density at radius 1 is 1.00 bits per heavy atom. The Morgan fingerprint density at radius 3 is 2.05 bits per heavy atom. The fourth-order valence-electron chi connectivity index (χ4n) is 1.68. The third-order valence-corrected chi connectivity index (χ3v) is 3.24. The van der Waals surface area contributed by atoms with Gasteiger partial charge in [0.05, 0.1) is 14.2 Å². The van der Waals surface area contributed by atoms with E-state index < -0.39 is 0 Å². The van der Waals surface area contributed by atoms with Crippen molar-refractivity contribution in [2.24, 2.45) is 0 Å². The highest BCUT2D eigenvalue weighted by atomic mass is 79.9. The van der Waals surface area contributed by atoms with Crippen molar-refractivity contribution in [1.82, 2.24) is 0 Å². The highest BCUT2D eigenvalue weighted by Gasteiger charge is 2.08. The van der Waals surface area contributed by atoms with Crippen molar-refractivity contribution < 1.29 is 14.3 Å². The Bertz CT molecular complexity index is 589. The number of carbonyl (C=O) groups excluding carboxylic acids is 1. The van der Waals surface area contributed by atoms with Crippen molar-refractivity contribution in [3.63, 3.8) is 0 Å². The summed E-state index contributed by atoms with van der Waals surface area (Å²) < 4.78 is 11.3. The van der Waals surface area contributed by atoms with Gasteiger partial charge >= 0.3 is 0 Å². The van der Waals surface area contributed by atoms with Gasteiger partial charge in [-0.05, 0) is 24.3 Å². The van der Waals surface area contributed by atoms with Crippen LogP contribution in [0, 0.1) is 0 Å². The Morgan fingerprint density at radius 2 is 1.55 bits per heavy atom. The van der Waals surface area contributed by atoms with Gasteiger partial charge in [-0.1, -0.05) is 15.9 Å². The Labute approximate surface area is 125 Å². The zero-order chi connectivity index (χ0) is 14.5. The summed E-state index contributed by atoms with van der Waals surface area (Å²) in [6.07, 6.45) is 0. The van der Waals surface area contributed by atoms with Gasteiger partial charge in [0.25, 0.3) is 5.91 Å². The maximum atomic E-state index is 12.1. The van der Waals surface area contributed by atoms with E-state index in [1.165, 1.54) is 0 Å². The molecule has 0 aliphatic carbocycles. The third kappa shape index (κ3) is 3.51. The molecule has 20 heavy (non-hydrogen) atoms. The van der Waals surface area contributed by atoms with Crippen LogP contribution in [0.3, 0.4) is 0 Å². The van der Waals surface area contributed by atoms with E-state index in [0.29, 0.717) is 22.7 Å². The molecule has 4 nitrogen and oxygen atoms in total. The second kappa shape index (κ2) is 6.43. The first-order valence-electron chi connectivity index (χ1n) is 5.92. The molecule has 0 saturated heterocycles. The first-order chi connectivity index (χ1) is 9.62. The van der Waals surface area contributed by atoms with Crippen molar-refractivity contribution in [1.29, 1.82) is 0 Å². The molecule has 0 radical (unpaired) electrons. The molecule has 0 aliphatic rings. The molecule has 2 rings (SSSR count). The Kier molecular flexibility index (Phi) is 4.63. The van der Waals surface area contributed by atoms with Crippen LogP contribution in [0.4, 0.5) is 5.69 Å². The fraction of sp³-hybridized carbons (Fsp3) is 0.133. The number of amides is 1. The van der Waals surface area contributed by atoms with E-state index in [1.54, 1.807) is 44.6 Å². The lowest BCUT2D eigenvalue weighted by Gasteiger charge is -2.10. The lowest BCUT2D eigenvalue weighted by molar-refractivity contribution is 0.102. The van der Waals surface area contributed by atoms with Gasteiger partial charge in [-0.15, -0.1) is 0 Å². The van der Waals surface area contributed by atoms with Crippen LogP contribution < -0.4 is 14.8 Å². The molecule has 0 fully saturated rings. The standard InChI is InChI=1S/C15H14BrNO3/c1-19-13-7-12(8-14(9-13)20-2)17-15(18)10-3-5-11(16)6-4-10/h3-9H,1-2H3,(H,17,18). The van der Waals surface area contributed by atoms with Crippen LogP contribution in [0.1, 0.15) is 10.4 Å². The van der Waals surface area contributed by atoms with Gasteiger partial charge < -0.3 is 14.8 Å². The number of halogens is 1. The minimum atomic E-state index is -0.187. The summed E-state index contributed by atoms with van der Waals surface area (Å²) in [4.78, 5) is 12.1. The van der Waals surface area contributed by atoms with Crippen LogP contribution in [-0.4, -0.2) is 20.1 Å². The lowest BCUT2D eigenvalue weighted by atomic mass is 10.2. The van der Waals surface area contributed by atoms with E-state index in [1.807, 2.05) is 12.1 Å². The van der Waals surface area contributed by atoms with Crippen molar-refractivity contribution in [2.45, 2.75) is 0 Å². The SMILES string of the molecule is COc1cc(NC(=O)c2ccc(Br)cc2)cc(OC)c1. The topological polar surface area (TPSA) is 47.6 Å². The summed E-state index contributed by atoms with van der Waals surface area (Å²) in [6, 6.07) is 12.4. The number of benzene rings is 2. The monoisotopic (exact) mass is 335 g/mol. The van der Waals surface area contributed by atoms with Crippen LogP contribution in [0.5, 0.6) is 11.5 Å². The minimum absolute atomic E-state index is 0.187. The Balaban J connectivity index is 2.20. The van der Waals surface area contributed by atoms with Gasteiger partial charge in [-0.2, -0.15) is 0 Å². The molecule has 0 unspecified atom stereocenters. The summed E-state index contributed by atoms with van der Waals surface area (Å²) in [6.45, 7) is 0. The number of nitrogens with one attached hydrogen (secondary N) is 1. The van der Waals surface area contributed by atoms with E-state index in [2.05, 4.69) is 21.2 Å². The molecule has 0 bridgehead atoms. The summed E-state index contributed by atoms with van der Waals surface area (Å²) in [5.74, 6) is 1.05. The molecule has 1 amide bonds. The molecule has 0 aliphatic heterocycles. The zero-order valence-corrected chi connectivity index (χ0v) is 12.7. The summed E-state index contributed by atoms with van der Waals surface area (Å²) >= 11 is 3.33. The van der Waals surface area contributed by atoms with E-state index in [0.717, 1.165) is 4.47 Å². The van der Waals surface area contributed by atoms with Crippen LogP contribution in [0.25, 0.3) is 0 Å². The third-order valence-electron chi connectivity index (χ3n) is 2.72. The van der Waals surface area contributed by atoms with E-state index >= 15 is 0 Å². The summed E-state index contributed by atoms with van der Waals surface area (Å²) in [5.41, 5.74) is 1.20. The van der Waals surface area contributed by atoms with Crippen molar-refractivity contribution in [2.75, 3.05) is 19.5 Å². The average Bonchev–Trinajstić information content (AvgIpc) is 2.47. The van der Waals surface area contributed by atoms with Gasteiger partial charge in [0.1, 0.15) is 11.5 Å². The number of methoxy groups -OCH3 is 2. The van der Waals surface area contributed by atoms with E-state index in [9.17, 15) is 4.79 Å². The molecule has 1 N–H and O–H groups in total. The maximum absolute atomic E-state index is 12.1. The molecule has 0 aromatic heterocycles. The van der Waals surface area contributed by atoms with Gasteiger partial charge in [0.2, 0.25) is 0 Å². The van der Waals surface area contributed by atoms with Crippen LogP contribution in [0.2, 0.25) is 0 Å². The van der Waals surface area contributed by atoms with Crippen molar-refractivity contribution in [3.8, 4) is 11.5 Å². The van der Waals surface area contributed by atoms with Crippen molar-refractivity contribution >= 4 is 27.5 Å². The van der Waals surface area contributed by atoms with Gasteiger partial charge in [-0.25, -0.2) is 0 Å². The number of ether oxygens (including phenoxy) is 2. The second-order valence-corrected chi connectivity index (χ2v) is 4.98. The largest absolute Gasteiger partial charge is 0.497 e. The van der Waals surface area contributed by atoms with E-state index in [4.69, 9.17) is 9.47 Å². The molecule has 0 saturated carbocycles. The lowest BCUT2D eigenvalue weighted by Crippen LogP contribution is -2.11. The number of rotatable bonds is 4. The number of carbonyl (C=O) groups is 1. The molecule has 104 valence electrons. The molecule has 0 heterocycles. The maximum Gasteiger partial charge on any atom is 0.255 e. The first kappa shape index (κ1) is 14.4. The smallest absolute Gasteiger partial charge is 0.255 e. The predicted octanol–water partition coefficient (Wildman–Crippen LogP) is 3.72. The quantitative estimate of drug-likeness (QED) is 0.926. The highest BCUT2D eigenvalue weighted by Crippen LogP contribution is 2.26. The molecule has 0 atom stereocenters. The van der Waals surface area contributed by atoms with Crippen LogP contribution in [0.15, 0.2) is 46.9 Å². The summed E-state index contributed by atoms with van der Waals surface area (Å²) in [7, 11) is 3.13. The molecule has 5 heteroatoms. The molecule has 2 aromatic rings. The normalized spacial score (nSPS) is 9.95. The average molecular weight is 336 g/mol. The molecule has 2 aromatic carbocycles. The predicted molar refractivity (Wildman–Crippen MR) is 81.6 cm³/mol. The second-order valence-electron chi connectivity index (χ2n) is 4.06. The van der Waals surface area contributed by atoms with Crippen LogP contribution >= 0.6 is 15.9 Å². The van der Waals surface area contributed by atoms with E-state index in [-0.39, 0.29) is 5.91 Å². The van der Waals surface area contributed by atoms with Gasteiger partial charge in [0, 0.05) is 33.9 Å². The molecular weight excluding hydrogens is 322 g/mol. The zero-order valence-electron chi connectivity index (χ0n) is 11.1. The fourth-order valence-corrected chi connectivity index (χ4v) is 1.95. The Hall–Kier alpha value is -2.01. The van der Waals surface area contributed by atoms with Gasteiger partial charge in [0.15, 0.2) is 0 Å². The molecule has 0 spiro atoms. The van der Waals surface area contributed by atoms with Gasteiger partial charge in [-0.3, -0.25) is 4.79 Å². The summed E-state index contributed by atoms with van der Waals surface area (Å²) in [5, 5.41) is 2.81.